The van der Waals surface area contributed by atoms with E-state index >= 15 is 0 Å². The number of carboxylic acids is 1. The lowest BCUT2D eigenvalue weighted by Crippen LogP contribution is -2.39. The normalized spacial score (nSPS) is 19.7. The lowest BCUT2D eigenvalue weighted by Gasteiger charge is -2.43. The van der Waals surface area contributed by atoms with Crippen LogP contribution >= 0.6 is 23.2 Å². The summed E-state index contributed by atoms with van der Waals surface area (Å²) in [6.07, 6.45) is -3.39. The molecule has 1 aliphatic rings. The first-order valence-corrected chi connectivity index (χ1v) is 11.5. The van der Waals surface area contributed by atoms with E-state index in [9.17, 15) is 23.1 Å². The van der Waals surface area contributed by atoms with Crippen LogP contribution in [0.1, 0.15) is 55.0 Å². The highest BCUT2D eigenvalue weighted by Gasteiger charge is 2.36. The van der Waals surface area contributed by atoms with E-state index in [1.165, 1.54) is 12.1 Å². The first kappa shape index (κ1) is 26.2. The Kier molecular flexibility index (Phi) is 8.35. The lowest BCUT2D eigenvalue weighted by atomic mass is 9.83. The third-order valence-electron chi connectivity index (χ3n) is 5.87. The van der Waals surface area contributed by atoms with Crippen molar-refractivity contribution in [2.24, 2.45) is 5.92 Å². The highest BCUT2D eigenvalue weighted by molar-refractivity contribution is 6.42. The quantitative estimate of drug-likeness (QED) is 0.422. The van der Waals surface area contributed by atoms with Gasteiger partial charge < -0.3 is 5.11 Å². The van der Waals surface area contributed by atoms with Crippen molar-refractivity contribution in [2.45, 2.75) is 44.4 Å². The van der Waals surface area contributed by atoms with E-state index in [-0.39, 0.29) is 18.4 Å². The number of likely N-dealkylation sites (tertiary alicyclic amines) is 1. The van der Waals surface area contributed by atoms with Crippen molar-refractivity contribution < 1.29 is 23.1 Å². The monoisotopic (exact) mass is 509 g/mol. The second-order valence-corrected chi connectivity index (χ2v) is 9.24. The summed E-state index contributed by atoms with van der Waals surface area (Å²) in [4.78, 5) is 13.4. The molecule has 8 heteroatoms. The van der Waals surface area contributed by atoms with Crippen LogP contribution in [0.3, 0.4) is 0 Å². The summed E-state index contributed by atoms with van der Waals surface area (Å²) < 4.78 is 39.4. The van der Waals surface area contributed by atoms with Gasteiger partial charge in [-0.25, -0.2) is 0 Å². The van der Waals surface area contributed by atoms with Gasteiger partial charge in [0, 0.05) is 24.6 Å². The maximum atomic E-state index is 13.1. The molecule has 0 radical (unpaired) electrons. The van der Waals surface area contributed by atoms with Gasteiger partial charge in [0.05, 0.1) is 21.7 Å². The average molecular weight is 510 g/mol. The van der Waals surface area contributed by atoms with Crippen LogP contribution in [0.15, 0.2) is 54.6 Å². The molecule has 1 aliphatic heterocycles. The van der Waals surface area contributed by atoms with Gasteiger partial charge in [-0.15, -0.1) is 0 Å². The van der Waals surface area contributed by atoms with Gasteiger partial charge >= 0.3 is 12.1 Å². The second-order valence-electron chi connectivity index (χ2n) is 8.46. The van der Waals surface area contributed by atoms with E-state index in [1.54, 1.807) is 19.1 Å². The summed E-state index contributed by atoms with van der Waals surface area (Å²) >= 11 is 12.8. The fraction of sp³-hybridized carbons (Fsp3) is 0.346. The zero-order chi connectivity index (χ0) is 25.0. The minimum Gasteiger partial charge on any atom is -0.481 e. The minimum atomic E-state index is -4.44. The molecule has 0 bridgehead atoms. The molecule has 1 heterocycles. The average Bonchev–Trinajstić information content (AvgIpc) is 2.76. The number of hydrogen-bond acceptors (Lipinski definition) is 2. The molecule has 34 heavy (non-hydrogen) atoms. The summed E-state index contributed by atoms with van der Waals surface area (Å²) in [6, 6.07) is 9.38. The number of benzene rings is 2. The third kappa shape index (κ3) is 6.35. The smallest absolute Gasteiger partial charge is 0.416 e. The molecule has 0 aliphatic carbocycles. The molecule has 1 saturated heterocycles. The Morgan fingerprint density at radius 3 is 2.50 bits per heavy atom. The number of allylic oxidation sites excluding steroid dienone is 1. The molecule has 1 fully saturated rings. The molecular weight excluding hydrogens is 486 g/mol. The molecule has 0 amide bonds. The van der Waals surface area contributed by atoms with Crippen LogP contribution in [0.2, 0.25) is 10.0 Å². The number of halogens is 5. The van der Waals surface area contributed by atoms with Crippen LogP contribution in [0.5, 0.6) is 0 Å². The SMILES string of the molecule is C=C(C)C#C[C@@H](c1cccc(Cl)c1Cl)N1CC[C@H](CC(=O)O)C[C@@H]1c1ccc(C(F)(F)F)cc1. The summed E-state index contributed by atoms with van der Waals surface area (Å²) in [7, 11) is 0. The Hall–Kier alpha value is -2.46. The van der Waals surface area contributed by atoms with Gasteiger partial charge in [0.1, 0.15) is 0 Å². The molecule has 0 saturated carbocycles. The molecular formula is C26H24Cl2F3NO2. The van der Waals surface area contributed by atoms with Crippen LogP contribution in [0, 0.1) is 17.8 Å². The highest BCUT2D eigenvalue weighted by Crippen LogP contribution is 2.43. The van der Waals surface area contributed by atoms with Crippen molar-refractivity contribution in [3.63, 3.8) is 0 Å². The third-order valence-corrected chi connectivity index (χ3v) is 6.70. The van der Waals surface area contributed by atoms with Crippen molar-refractivity contribution in [1.82, 2.24) is 4.90 Å². The molecule has 3 rings (SSSR count). The van der Waals surface area contributed by atoms with Crippen LogP contribution < -0.4 is 0 Å². The standard InChI is InChI=1S/C26H24Cl2F3NO2/c1-16(2)6-11-22(20-4-3-5-21(27)25(20)28)32-13-12-17(15-24(33)34)14-23(32)18-7-9-19(10-8-18)26(29,30)31/h3-5,7-10,17,22-23H,1,12-15H2,2H3,(H,33,34)/t17-,22-,23+/m0/s1. The minimum absolute atomic E-state index is 0.00892. The number of carboxylic acid groups (broad SMARTS) is 1. The largest absolute Gasteiger partial charge is 0.481 e. The summed E-state index contributed by atoms with van der Waals surface area (Å²) in [6.45, 7) is 6.10. The van der Waals surface area contributed by atoms with Crippen molar-refractivity contribution in [3.05, 3.63) is 81.4 Å². The number of rotatable bonds is 5. The van der Waals surface area contributed by atoms with Gasteiger partial charge in [-0.2, -0.15) is 13.2 Å². The molecule has 1 N–H and O–H groups in total. The summed E-state index contributed by atoms with van der Waals surface area (Å²) in [5, 5.41) is 10.0. The van der Waals surface area contributed by atoms with E-state index in [0.717, 1.165) is 12.1 Å². The predicted molar refractivity (Wildman–Crippen MR) is 128 cm³/mol. The molecule has 3 nitrogen and oxygen atoms in total. The molecule has 2 aromatic rings. The Bertz CT molecular complexity index is 1120. The lowest BCUT2D eigenvalue weighted by molar-refractivity contribution is -0.139. The highest BCUT2D eigenvalue weighted by atomic mass is 35.5. The van der Waals surface area contributed by atoms with E-state index in [4.69, 9.17) is 23.2 Å². The number of carbonyl (C=O) groups is 1. The van der Waals surface area contributed by atoms with E-state index < -0.39 is 23.8 Å². The van der Waals surface area contributed by atoms with E-state index in [2.05, 4.69) is 23.3 Å². The fourth-order valence-corrected chi connectivity index (χ4v) is 4.69. The number of hydrogen-bond donors (Lipinski definition) is 1. The molecule has 2 aromatic carbocycles. The van der Waals surface area contributed by atoms with Gasteiger partial charge in [-0.3, -0.25) is 9.69 Å². The zero-order valence-corrected chi connectivity index (χ0v) is 20.0. The van der Waals surface area contributed by atoms with Gasteiger partial charge in [-0.05, 0) is 55.0 Å². The predicted octanol–water partition coefficient (Wildman–Crippen LogP) is 7.56. The van der Waals surface area contributed by atoms with Gasteiger partial charge in [-0.1, -0.05) is 65.9 Å². The first-order valence-electron chi connectivity index (χ1n) is 10.7. The van der Waals surface area contributed by atoms with Crippen molar-refractivity contribution in [3.8, 4) is 11.8 Å². The van der Waals surface area contributed by atoms with Crippen LogP contribution in [-0.2, 0) is 11.0 Å². The first-order chi connectivity index (χ1) is 16.0. The number of piperidine rings is 1. The number of aliphatic carboxylic acids is 1. The van der Waals surface area contributed by atoms with Crippen molar-refractivity contribution >= 4 is 29.2 Å². The van der Waals surface area contributed by atoms with Crippen LogP contribution in [0.4, 0.5) is 13.2 Å². The molecule has 3 atom stereocenters. The van der Waals surface area contributed by atoms with Gasteiger partial charge in [0.2, 0.25) is 0 Å². The summed E-state index contributed by atoms with van der Waals surface area (Å²) in [5.41, 5.74) is 1.24. The van der Waals surface area contributed by atoms with Crippen LogP contribution in [-0.4, -0.2) is 22.5 Å². The summed E-state index contributed by atoms with van der Waals surface area (Å²) in [5.74, 6) is 5.18. The molecule has 0 aromatic heterocycles. The maximum absolute atomic E-state index is 13.1. The Morgan fingerprint density at radius 1 is 1.24 bits per heavy atom. The fourth-order valence-electron chi connectivity index (χ4n) is 4.28. The van der Waals surface area contributed by atoms with E-state index in [0.29, 0.717) is 46.1 Å². The maximum Gasteiger partial charge on any atom is 0.416 e. The van der Waals surface area contributed by atoms with E-state index in [1.807, 2.05) is 6.07 Å². The van der Waals surface area contributed by atoms with Gasteiger partial charge in [0.15, 0.2) is 0 Å². The van der Waals surface area contributed by atoms with Gasteiger partial charge in [0.25, 0.3) is 0 Å². The van der Waals surface area contributed by atoms with Crippen molar-refractivity contribution in [1.29, 1.82) is 0 Å². The Labute approximate surface area is 207 Å². The second kappa shape index (κ2) is 10.9. The number of alkyl halides is 3. The molecule has 180 valence electrons. The topological polar surface area (TPSA) is 40.5 Å². The number of nitrogens with zero attached hydrogens (tertiary/aromatic N) is 1. The molecule has 0 spiro atoms. The zero-order valence-electron chi connectivity index (χ0n) is 18.5. The molecule has 0 unspecified atom stereocenters. The Morgan fingerprint density at radius 2 is 1.91 bits per heavy atom. The Balaban J connectivity index is 2.08. The van der Waals surface area contributed by atoms with Crippen molar-refractivity contribution in [2.75, 3.05) is 6.54 Å². The van der Waals surface area contributed by atoms with Crippen LogP contribution in [0.25, 0.3) is 0 Å².